The zero-order valence-electron chi connectivity index (χ0n) is 16.9. The number of nitrogens with zero attached hydrogens (tertiary/aromatic N) is 1. The van der Waals surface area contributed by atoms with Gasteiger partial charge in [0.2, 0.25) is 5.90 Å². The zero-order chi connectivity index (χ0) is 19.6. The highest BCUT2D eigenvalue weighted by Crippen LogP contribution is 2.32. The molecule has 0 aromatic heterocycles. The Labute approximate surface area is 167 Å². The van der Waals surface area contributed by atoms with Crippen molar-refractivity contribution >= 4 is 5.90 Å². The summed E-state index contributed by atoms with van der Waals surface area (Å²) in [5, 5.41) is 0. The lowest BCUT2D eigenvalue weighted by Gasteiger charge is -2.30. The fourth-order valence-corrected chi connectivity index (χ4v) is 4.00. The van der Waals surface area contributed by atoms with Gasteiger partial charge in [0.1, 0.15) is 5.60 Å². The van der Waals surface area contributed by atoms with E-state index in [1.807, 2.05) is 0 Å². The Morgan fingerprint density at radius 1 is 0.714 bits per heavy atom. The van der Waals surface area contributed by atoms with Crippen LogP contribution in [0.15, 0.2) is 77.8 Å². The second-order valence-corrected chi connectivity index (χ2v) is 7.93. The van der Waals surface area contributed by atoms with Crippen molar-refractivity contribution in [2.24, 2.45) is 4.99 Å². The van der Waals surface area contributed by atoms with Crippen molar-refractivity contribution in [2.75, 3.05) is 6.54 Å². The smallest absolute Gasteiger partial charge is 0.217 e. The largest absolute Gasteiger partial charge is 0.468 e. The minimum absolute atomic E-state index is 0.351. The molecule has 1 heterocycles. The van der Waals surface area contributed by atoms with Crippen LogP contribution >= 0.6 is 0 Å². The third-order valence-electron chi connectivity index (χ3n) is 5.75. The first-order chi connectivity index (χ1) is 13.6. The van der Waals surface area contributed by atoms with Gasteiger partial charge in [-0.1, -0.05) is 66.7 Å². The molecule has 0 amide bonds. The molecule has 28 heavy (non-hydrogen) atoms. The minimum atomic E-state index is -0.351. The van der Waals surface area contributed by atoms with Crippen molar-refractivity contribution in [3.05, 3.63) is 106 Å². The van der Waals surface area contributed by atoms with Gasteiger partial charge in [-0.15, -0.1) is 0 Å². The van der Waals surface area contributed by atoms with E-state index in [1.165, 1.54) is 27.8 Å². The number of benzene rings is 3. The van der Waals surface area contributed by atoms with Gasteiger partial charge in [0.25, 0.3) is 0 Å². The highest BCUT2D eigenvalue weighted by atomic mass is 16.5. The van der Waals surface area contributed by atoms with E-state index in [4.69, 9.17) is 9.73 Å². The molecule has 0 spiro atoms. The van der Waals surface area contributed by atoms with E-state index in [0.29, 0.717) is 6.54 Å². The SMILES string of the molecule is Cc1ccccc1CC1(Cc2ccccc2C)CN=C(c2ccccc2C)O1. The zero-order valence-corrected chi connectivity index (χ0v) is 16.9. The molecule has 0 unspecified atom stereocenters. The van der Waals surface area contributed by atoms with Crippen LogP contribution in [0.3, 0.4) is 0 Å². The van der Waals surface area contributed by atoms with E-state index in [2.05, 4.69) is 93.6 Å². The van der Waals surface area contributed by atoms with Crippen LogP contribution in [0, 0.1) is 20.8 Å². The van der Waals surface area contributed by atoms with E-state index in [0.717, 1.165) is 24.3 Å². The summed E-state index contributed by atoms with van der Waals surface area (Å²) in [6.07, 6.45) is 1.71. The number of aryl methyl sites for hydroxylation is 3. The summed E-state index contributed by atoms with van der Waals surface area (Å²) < 4.78 is 6.68. The fraction of sp³-hybridized carbons (Fsp3) is 0.269. The molecular weight excluding hydrogens is 342 g/mol. The van der Waals surface area contributed by atoms with E-state index >= 15 is 0 Å². The lowest BCUT2D eigenvalue weighted by atomic mass is 9.85. The Morgan fingerprint density at radius 2 is 1.21 bits per heavy atom. The van der Waals surface area contributed by atoms with E-state index in [1.54, 1.807) is 0 Å². The van der Waals surface area contributed by atoms with Crippen molar-refractivity contribution < 1.29 is 4.74 Å². The van der Waals surface area contributed by atoms with Crippen molar-refractivity contribution in [2.45, 2.75) is 39.2 Å². The average Bonchev–Trinajstić information content (AvgIpc) is 3.10. The van der Waals surface area contributed by atoms with Crippen molar-refractivity contribution in [1.29, 1.82) is 0 Å². The predicted octanol–water partition coefficient (Wildman–Crippen LogP) is 5.61. The van der Waals surface area contributed by atoms with Crippen LogP contribution in [0.4, 0.5) is 0 Å². The average molecular weight is 370 g/mol. The normalized spacial score (nSPS) is 15.2. The number of aliphatic imine (C=N–C) groups is 1. The van der Waals surface area contributed by atoms with Crippen LogP contribution in [-0.4, -0.2) is 18.0 Å². The van der Waals surface area contributed by atoms with Crippen molar-refractivity contribution in [3.8, 4) is 0 Å². The molecular formula is C26H27NO. The fourth-order valence-electron chi connectivity index (χ4n) is 4.00. The van der Waals surface area contributed by atoms with E-state index < -0.39 is 0 Å². The Kier molecular flexibility index (Phi) is 5.04. The molecule has 3 aromatic carbocycles. The van der Waals surface area contributed by atoms with Crippen LogP contribution in [0.5, 0.6) is 0 Å². The molecule has 0 atom stereocenters. The van der Waals surface area contributed by atoms with Gasteiger partial charge >= 0.3 is 0 Å². The lowest BCUT2D eigenvalue weighted by Crippen LogP contribution is -2.39. The first kappa shape index (κ1) is 18.5. The molecule has 0 aliphatic carbocycles. The summed E-state index contributed by atoms with van der Waals surface area (Å²) in [5.74, 6) is 0.778. The summed E-state index contributed by atoms with van der Waals surface area (Å²) in [5.41, 5.74) is 7.21. The monoisotopic (exact) mass is 369 g/mol. The number of hydrogen-bond acceptors (Lipinski definition) is 2. The number of ether oxygens (including phenoxy) is 1. The first-order valence-electron chi connectivity index (χ1n) is 9.95. The van der Waals surface area contributed by atoms with E-state index in [-0.39, 0.29) is 5.60 Å². The highest BCUT2D eigenvalue weighted by Gasteiger charge is 2.39. The molecule has 1 aliphatic rings. The Hall–Kier alpha value is -2.87. The lowest BCUT2D eigenvalue weighted by molar-refractivity contribution is 0.0883. The third-order valence-corrected chi connectivity index (χ3v) is 5.75. The van der Waals surface area contributed by atoms with Crippen LogP contribution < -0.4 is 0 Å². The third kappa shape index (κ3) is 3.73. The van der Waals surface area contributed by atoms with Gasteiger partial charge in [-0.3, -0.25) is 0 Å². The molecule has 1 aliphatic heterocycles. The summed E-state index contributed by atoms with van der Waals surface area (Å²) in [6, 6.07) is 25.5. The van der Waals surface area contributed by atoms with Crippen molar-refractivity contribution in [1.82, 2.24) is 0 Å². The summed E-state index contributed by atoms with van der Waals surface area (Å²) >= 11 is 0. The molecule has 142 valence electrons. The summed E-state index contributed by atoms with van der Waals surface area (Å²) in [4.78, 5) is 4.87. The Balaban J connectivity index is 1.68. The summed E-state index contributed by atoms with van der Waals surface area (Å²) in [7, 11) is 0. The molecule has 2 heteroatoms. The molecule has 0 bridgehead atoms. The standard InChI is InChI=1S/C26H27NO/c1-19-10-4-7-13-22(19)16-26(17-23-14-8-5-11-20(23)2)18-27-25(28-26)24-15-9-6-12-21(24)3/h4-15H,16-18H2,1-3H3. The maximum Gasteiger partial charge on any atom is 0.217 e. The topological polar surface area (TPSA) is 21.6 Å². The Bertz CT molecular complexity index is 971. The van der Waals surface area contributed by atoms with Crippen LogP contribution in [0.1, 0.15) is 33.4 Å². The van der Waals surface area contributed by atoms with E-state index in [9.17, 15) is 0 Å². The molecule has 0 N–H and O–H groups in total. The van der Waals surface area contributed by atoms with Gasteiger partial charge in [-0.05, 0) is 54.7 Å². The van der Waals surface area contributed by atoms with Gasteiger partial charge in [-0.2, -0.15) is 0 Å². The molecule has 3 aromatic rings. The Morgan fingerprint density at radius 3 is 1.75 bits per heavy atom. The maximum absolute atomic E-state index is 6.68. The minimum Gasteiger partial charge on any atom is -0.468 e. The van der Waals surface area contributed by atoms with Crippen LogP contribution in [0.25, 0.3) is 0 Å². The molecule has 0 fully saturated rings. The molecule has 2 nitrogen and oxygen atoms in total. The quantitative estimate of drug-likeness (QED) is 0.572. The van der Waals surface area contributed by atoms with Gasteiger partial charge in [0, 0.05) is 18.4 Å². The summed E-state index contributed by atoms with van der Waals surface area (Å²) in [6.45, 7) is 7.15. The maximum atomic E-state index is 6.68. The van der Waals surface area contributed by atoms with Crippen molar-refractivity contribution in [3.63, 3.8) is 0 Å². The number of rotatable bonds is 5. The second kappa shape index (κ2) is 7.63. The van der Waals surface area contributed by atoms with Gasteiger partial charge in [-0.25, -0.2) is 4.99 Å². The number of hydrogen-bond donors (Lipinski definition) is 0. The highest BCUT2D eigenvalue weighted by molar-refractivity contribution is 5.96. The van der Waals surface area contributed by atoms with Crippen LogP contribution in [0.2, 0.25) is 0 Å². The first-order valence-corrected chi connectivity index (χ1v) is 9.95. The second-order valence-electron chi connectivity index (χ2n) is 7.93. The van der Waals surface area contributed by atoms with Gasteiger partial charge < -0.3 is 4.74 Å². The molecule has 0 radical (unpaired) electrons. The molecule has 0 saturated carbocycles. The molecule has 4 rings (SSSR count). The van der Waals surface area contributed by atoms with Crippen LogP contribution in [-0.2, 0) is 17.6 Å². The predicted molar refractivity (Wildman–Crippen MR) is 116 cm³/mol. The van der Waals surface area contributed by atoms with Gasteiger partial charge in [0.15, 0.2) is 0 Å². The van der Waals surface area contributed by atoms with Gasteiger partial charge in [0.05, 0.1) is 6.54 Å². The molecule has 0 saturated heterocycles.